The average molecular weight is 251 g/mol. The van der Waals surface area contributed by atoms with Crippen LogP contribution in [0.5, 0.6) is 5.88 Å². The van der Waals surface area contributed by atoms with Gasteiger partial charge in [0.05, 0.1) is 14.2 Å². The van der Waals surface area contributed by atoms with Crippen LogP contribution >= 0.6 is 11.3 Å². The summed E-state index contributed by atoms with van der Waals surface area (Å²) >= 11 is 1.30. The number of nitrogens with zero attached hydrogens (tertiary/aromatic N) is 3. The second-order valence-electron chi connectivity index (χ2n) is 2.99. The number of hydrogen-bond donors (Lipinski definition) is 0. The third-order valence-corrected chi connectivity index (χ3v) is 2.83. The molecule has 0 aliphatic heterocycles. The van der Waals surface area contributed by atoms with Gasteiger partial charge in [-0.2, -0.15) is 0 Å². The van der Waals surface area contributed by atoms with Gasteiger partial charge < -0.3 is 9.47 Å². The number of rotatable bonds is 3. The number of carbonyl (C=O) groups excluding carboxylic acids is 1. The molecule has 2 rings (SSSR count). The minimum Gasteiger partial charge on any atom is -0.480 e. The normalized spacial score (nSPS) is 10.0. The molecule has 7 heteroatoms. The first-order valence-corrected chi connectivity index (χ1v) is 5.54. The largest absolute Gasteiger partial charge is 0.480 e. The molecule has 2 aromatic rings. The van der Waals surface area contributed by atoms with Gasteiger partial charge in [0.1, 0.15) is 10.7 Å². The van der Waals surface area contributed by atoms with Crippen molar-refractivity contribution in [1.82, 2.24) is 15.2 Å². The van der Waals surface area contributed by atoms with Crippen LogP contribution in [0.1, 0.15) is 10.5 Å². The Hall–Kier alpha value is -2.02. The molecule has 0 saturated heterocycles. The smallest absolute Gasteiger partial charge is 0.357 e. The minimum absolute atomic E-state index is 0.269. The van der Waals surface area contributed by atoms with Crippen LogP contribution in [0.15, 0.2) is 17.5 Å². The quantitative estimate of drug-likeness (QED) is 0.767. The first-order valence-electron chi connectivity index (χ1n) is 4.66. The van der Waals surface area contributed by atoms with E-state index in [1.807, 2.05) is 0 Å². The number of thiazole rings is 1. The number of ether oxygens (including phenoxy) is 2. The summed E-state index contributed by atoms with van der Waals surface area (Å²) in [6.45, 7) is 0. The van der Waals surface area contributed by atoms with Gasteiger partial charge in [0.25, 0.3) is 0 Å². The van der Waals surface area contributed by atoms with Gasteiger partial charge in [-0.3, -0.25) is 0 Å². The lowest BCUT2D eigenvalue weighted by Gasteiger charge is -1.97. The van der Waals surface area contributed by atoms with Crippen LogP contribution < -0.4 is 4.74 Å². The molecular weight excluding hydrogens is 242 g/mol. The molecule has 2 heterocycles. The summed E-state index contributed by atoms with van der Waals surface area (Å²) in [6, 6.07) is 3.41. The van der Waals surface area contributed by atoms with Gasteiger partial charge in [0, 0.05) is 11.4 Å². The van der Waals surface area contributed by atoms with Crippen molar-refractivity contribution < 1.29 is 14.3 Å². The summed E-state index contributed by atoms with van der Waals surface area (Å²) in [5, 5.41) is 9.99. The van der Waals surface area contributed by atoms with E-state index in [1.54, 1.807) is 17.5 Å². The Labute approximate surface area is 101 Å². The van der Waals surface area contributed by atoms with Crippen molar-refractivity contribution in [2.75, 3.05) is 14.2 Å². The molecule has 2 aromatic heterocycles. The average Bonchev–Trinajstić information content (AvgIpc) is 2.87. The molecule has 0 atom stereocenters. The molecule has 0 aliphatic rings. The van der Waals surface area contributed by atoms with Gasteiger partial charge in [0.15, 0.2) is 5.69 Å². The number of methoxy groups -OCH3 is 2. The maximum Gasteiger partial charge on any atom is 0.357 e. The maximum atomic E-state index is 11.2. The molecular formula is C10H9N3O3S. The number of aromatic nitrogens is 3. The van der Waals surface area contributed by atoms with Crippen molar-refractivity contribution in [2.24, 2.45) is 0 Å². The van der Waals surface area contributed by atoms with E-state index >= 15 is 0 Å². The lowest BCUT2D eigenvalue weighted by molar-refractivity contribution is 0.0595. The predicted octanol–water partition coefficient (Wildman–Crippen LogP) is 1.40. The van der Waals surface area contributed by atoms with Crippen molar-refractivity contribution in [3.8, 4) is 16.6 Å². The summed E-state index contributed by atoms with van der Waals surface area (Å²) in [5.74, 6) is -0.0348. The summed E-state index contributed by atoms with van der Waals surface area (Å²) in [5.41, 5.74) is 0.857. The van der Waals surface area contributed by atoms with E-state index in [-0.39, 0.29) is 5.69 Å². The predicted molar refractivity (Wildman–Crippen MR) is 61.0 cm³/mol. The molecule has 0 aliphatic carbocycles. The Kier molecular flexibility index (Phi) is 3.29. The van der Waals surface area contributed by atoms with E-state index in [1.165, 1.54) is 25.6 Å². The lowest BCUT2D eigenvalue weighted by Crippen LogP contribution is -2.01. The summed E-state index contributed by atoms with van der Waals surface area (Å²) in [7, 11) is 2.83. The van der Waals surface area contributed by atoms with Gasteiger partial charge >= 0.3 is 5.97 Å². The van der Waals surface area contributed by atoms with Crippen LogP contribution in [-0.2, 0) is 4.74 Å². The highest BCUT2D eigenvalue weighted by Crippen LogP contribution is 2.22. The number of esters is 1. The molecule has 17 heavy (non-hydrogen) atoms. The molecule has 88 valence electrons. The Morgan fingerprint density at radius 2 is 2.12 bits per heavy atom. The minimum atomic E-state index is -0.464. The molecule has 0 unspecified atom stereocenters. The van der Waals surface area contributed by atoms with Crippen LogP contribution in [0, 0.1) is 0 Å². The zero-order valence-electron chi connectivity index (χ0n) is 9.21. The van der Waals surface area contributed by atoms with Gasteiger partial charge in [-0.1, -0.05) is 0 Å². The highest BCUT2D eigenvalue weighted by atomic mass is 32.1. The Balaban J connectivity index is 2.27. The SMILES string of the molecule is COC(=O)c1csc(-c2ccc(OC)nn2)n1. The van der Waals surface area contributed by atoms with Crippen molar-refractivity contribution in [1.29, 1.82) is 0 Å². The lowest BCUT2D eigenvalue weighted by atomic mass is 10.4. The first kappa shape index (κ1) is 11.5. The zero-order chi connectivity index (χ0) is 12.3. The van der Waals surface area contributed by atoms with Crippen molar-refractivity contribution >= 4 is 17.3 Å². The maximum absolute atomic E-state index is 11.2. The van der Waals surface area contributed by atoms with E-state index in [4.69, 9.17) is 4.74 Å². The van der Waals surface area contributed by atoms with E-state index in [0.29, 0.717) is 16.6 Å². The molecule has 0 amide bonds. The first-order chi connectivity index (χ1) is 8.24. The second kappa shape index (κ2) is 4.88. The summed E-state index contributed by atoms with van der Waals surface area (Å²) < 4.78 is 9.47. The van der Waals surface area contributed by atoms with Gasteiger partial charge in [-0.25, -0.2) is 9.78 Å². The fourth-order valence-electron chi connectivity index (χ4n) is 1.13. The van der Waals surface area contributed by atoms with Gasteiger partial charge in [-0.15, -0.1) is 21.5 Å². The molecule has 0 bridgehead atoms. The Morgan fingerprint density at radius 3 is 2.71 bits per heavy atom. The second-order valence-corrected chi connectivity index (χ2v) is 3.85. The molecule has 0 saturated carbocycles. The standard InChI is InChI=1S/C10H9N3O3S/c1-15-8-4-3-6(12-13-8)9-11-7(5-17-9)10(14)16-2/h3-5H,1-2H3. The molecule has 0 N–H and O–H groups in total. The highest BCUT2D eigenvalue weighted by molar-refractivity contribution is 7.13. The van der Waals surface area contributed by atoms with Crippen LogP contribution in [0.25, 0.3) is 10.7 Å². The van der Waals surface area contributed by atoms with Gasteiger partial charge in [-0.05, 0) is 6.07 Å². The molecule has 0 aromatic carbocycles. The van der Waals surface area contributed by atoms with E-state index in [9.17, 15) is 4.79 Å². The molecule has 0 radical (unpaired) electrons. The molecule has 0 fully saturated rings. The number of hydrogen-bond acceptors (Lipinski definition) is 7. The van der Waals surface area contributed by atoms with E-state index < -0.39 is 5.97 Å². The topological polar surface area (TPSA) is 74.2 Å². The van der Waals surface area contributed by atoms with Crippen LogP contribution in [0.2, 0.25) is 0 Å². The van der Waals surface area contributed by atoms with Crippen molar-refractivity contribution in [3.05, 3.63) is 23.2 Å². The fraction of sp³-hybridized carbons (Fsp3) is 0.200. The van der Waals surface area contributed by atoms with E-state index in [2.05, 4.69) is 19.9 Å². The van der Waals surface area contributed by atoms with Crippen LogP contribution in [0.3, 0.4) is 0 Å². The Bertz CT molecular complexity index is 524. The van der Waals surface area contributed by atoms with Crippen molar-refractivity contribution in [2.45, 2.75) is 0 Å². The Morgan fingerprint density at radius 1 is 1.29 bits per heavy atom. The summed E-state index contributed by atoms with van der Waals surface area (Å²) in [4.78, 5) is 15.3. The highest BCUT2D eigenvalue weighted by Gasteiger charge is 2.12. The zero-order valence-corrected chi connectivity index (χ0v) is 10.0. The third kappa shape index (κ3) is 2.39. The fourth-order valence-corrected chi connectivity index (χ4v) is 1.89. The molecule has 0 spiro atoms. The van der Waals surface area contributed by atoms with Crippen LogP contribution in [0.4, 0.5) is 0 Å². The monoisotopic (exact) mass is 251 g/mol. The van der Waals surface area contributed by atoms with Crippen LogP contribution in [-0.4, -0.2) is 35.4 Å². The van der Waals surface area contributed by atoms with Gasteiger partial charge in [0.2, 0.25) is 5.88 Å². The number of carbonyl (C=O) groups is 1. The molecule has 6 nitrogen and oxygen atoms in total. The summed E-state index contributed by atoms with van der Waals surface area (Å²) in [6.07, 6.45) is 0. The van der Waals surface area contributed by atoms with Crippen molar-refractivity contribution in [3.63, 3.8) is 0 Å². The van der Waals surface area contributed by atoms with E-state index in [0.717, 1.165) is 0 Å². The third-order valence-electron chi connectivity index (χ3n) is 1.97.